The number of hydrogen-bond acceptors (Lipinski definition) is 6. The predicted octanol–water partition coefficient (Wildman–Crippen LogP) is 3.83. The number of nitriles is 2. The summed E-state index contributed by atoms with van der Waals surface area (Å²) in [6, 6.07) is 14.8. The topological polar surface area (TPSA) is 106 Å². The molecule has 0 radical (unpaired) electrons. The SMILES string of the molecule is C=CC(=O)N1CCN(c2ccc(-c3cc(-c4cnn(C(C)(C)C#N)c4)cn4ncc(C#N)c34)cc2)CC1. The van der Waals surface area contributed by atoms with Gasteiger partial charge in [-0.25, -0.2) is 4.52 Å². The van der Waals surface area contributed by atoms with Crippen molar-refractivity contribution in [3.05, 3.63) is 73.3 Å². The summed E-state index contributed by atoms with van der Waals surface area (Å²) in [6.45, 7) is 10.0. The van der Waals surface area contributed by atoms with E-state index in [9.17, 15) is 15.3 Å². The van der Waals surface area contributed by atoms with Crippen LogP contribution < -0.4 is 4.90 Å². The molecule has 3 aromatic heterocycles. The van der Waals surface area contributed by atoms with E-state index in [1.807, 2.05) is 49.3 Å². The van der Waals surface area contributed by atoms with Gasteiger partial charge in [-0.3, -0.25) is 9.48 Å². The molecule has 184 valence electrons. The summed E-state index contributed by atoms with van der Waals surface area (Å²) in [7, 11) is 0. The third-order valence-electron chi connectivity index (χ3n) is 6.80. The molecule has 37 heavy (non-hydrogen) atoms. The van der Waals surface area contributed by atoms with Crippen LogP contribution in [-0.2, 0) is 10.3 Å². The third-order valence-corrected chi connectivity index (χ3v) is 6.80. The lowest BCUT2D eigenvalue weighted by atomic mass is 9.99. The lowest BCUT2D eigenvalue weighted by molar-refractivity contribution is -0.126. The summed E-state index contributed by atoms with van der Waals surface area (Å²) >= 11 is 0. The van der Waals surface area contributed by atoms with Gasteiger partial charge in [0.1, 0.15) is 11.6 Å². The standard InChI is InChI=1S/C28H26N8O/c1-4-26(37)34-11-9-33(10-12-34)24-7-5-20(6-8-24)25-13-21(17-35-27(25)22(14-29)15-31-35)23-16-32-36(18-23)28(2,3)19-30/h4-8,13,15-18H,1,9-12H2,2-3H3. The second kappa shape index (κ2) is 9.29. The van der Waals surface area contributed by atoms with E-state index in [1.54, 1.807) is 21.6 Å². The molecule has 0 atom stereocenters. The van der Waals surface area contributed by atoms with Crippen LogP contribution in [0.5, 0.6) is 0 Å². The fraction of sp³-hybridized carbons (Fsp3) is 0.250. The van der Waals surface area contributed by atoms with Crippen LogP contribution in [0.4, 0.5) is 5.69 Å². The molecule has 5 rings (SSSR count). The normalized spacial score (nSPS) is 13.8. The second-order valence-electron chi connectivity index (χ2n) is 9.51. The van der Waals surface area contributed by atoms with Crippen molar-refractivity contribution in [3.8, 4) is 34.4 Å². The number of anilines is 1. The highest BCUT2D eigenvalue weighted by atomic mass is 16.2. The highest BCUT2D eigenvalue weighted by molar-refractivity contribution is 5.88. The second-order valence-corrected chi connectivity index (χ2v) is 9.51. The van der Waals surface area contributed by atoms with Gasteiger partial charge in [0.15, 0.2) is 0 Å². The maximum Gasteiger partial charge on any atom is 0.246 e. The Bertz CT molecular complexity index is 1570. The molecule has 4 aromatic rings. The molecular weight excluding hydrogens is 464 g/mol. The number of carbonyl (C=O) groups is 1. The van der Waals surface area contributed by atoms with Crippen molar-refractivity contribution in [1.82, 2.24) is 24.3 Å². The number of amides is 1. The first-order valence-electron chi connectivity index (χ1n) is 12.0. The Morgan fingerprint density at radius 1 is 1.00 bits per heavy atom. The summed E-state index contributed by atoms with van der Waals surface area (Å²) in [5, 5.41) is 28.0. The molecular formula is C28H26N8O. The lowest BCUT2D eigenvalue weighted by Crippen LogP contribution is -2.48. The van der Waals surface area contributed by atoms with E-state index in [0.717, 1.165) is 46.5 Å². The molecule has 1 amide bonds. The summed E-state index contributed by atoms with van der Waals surface area (Å²) in [4.78, 5) is 16.0. The maximum atomic E-state index is 11.9. The van der Waals surface area contributed by atoms with Crippen LogP contribution in [0.15, 0.2) is 67.8 Å². The number of piperazine rings is 1. The van der Waals surface area contributed by atoms with Crippen LogP contribution >= 0.6 is 0 Å². The molecule has 0 bridgehead atoms. The zero-order valence-electron chi connectivity index (χ0n) is 20.8. The van der Waals surface area contributed by atoms with Crippen molar-refractivity contribution >= 4 is 17.1 Å². The van der Waals surface area contributed by atoms with Crippen molar-refractivity contribution in [3.63, 3.8) is 0 Å². The molecule has 0 aliphatic carbocycles. The first-order valence-corrected chi connectivity index (χ1v) is 12.0. The monoisotopic (exact) mass is 490 g/mol. The molecule has 9 nitrogen and oxygen atoms in total. The van der Waals surface area contributed by atoms with Gasteiger partial charge in [0.2, 0.25) is 5.91 Å². The molecule has 1 aromatic carbocycles. The molecule has 0 saturated carbocycles. The number of rotatable bonds is 5. The van der Waals surface area contributed by atoms with Gasteiger partial charge >= 0.3 is 0 Å². The van der Waals surface area contributed by atoms with E-state index in [4.69, 9.17) is 0 Å². The summed E-state index contributed by atoms with van der Waals surface area (Å²) < 4.78 is 3.37. The highest BCUT2D eigenvalue weighted by Crippen LogP contribution is 2.33. The fourth-order valence-corrected chi connectivity index (χ4v) is 4.58. The van der Waals surface area contributed by atoms with Gasteiger partial charge in [0.25, 0.3) is 0 Å². The molecule has 0 spiro atoms. The Morgan fingerprint density at radius 3 is 2.38 bits per heavy atom. The quantitative estimate of drug-likeness (QED) is 0.394. The first-order chi connectivity index (χ1) is 17.8. The fourth-order valence-electron chi connectivity index (χ4n) is 4.58. The minimum Gasteiger partial charge on any atom is -0.368 e. The number of hydrogen-bond donors (Lipinski definition) is 0. The van der Waals surface area contributed by atoms with Crippen molar-refractivity contribution in [1.29, 1.82) is 10.5 Å². The molecule has 0 N–H and O–H groups in total. The summed E-state index contributed by atoms with van der Waals surface area (Å²) in [5.41, 5.74) is 5.10. The van der Waals surface area contributed by atoms with Crippen LogP contribution in [0.3, 0.4) is 0 Å². The van der Waals surface area contributed by atoms with Gasteiger partial charge in [-0.15, -0.1) is 0 Å². The number of nitrogens with zero attached hydrogens (tertiary/aromatic N) is 8. The lowest BCUT2D eigenvalue weighted by Gasteiger charge is -2.35. The predicted molar refractivity (Wildman–Crippen MR) is 140 cm³/mol. The third kappa shape index (κ3) is 4.32. The molecule has 0 unspecified atom stereocenters. The van der Waals surface area contributed by atoms with E-state index < -0.39 is 5.54 Å². The van der Waals surface area contributed by atoms with Crippen LogP contribution in [0.2, 0.25) is 0 Å². The van der Waals surface area contributed by atoms with E-state index in [-0.39, 0.29) is 5.91 Å². The van der Waals surface area contributed by atoms with E-state index in [1.165, 1.54) is 6.08 Å². The smallest absolute Gasteiger partial charge is 0.246 e. The minimum absolute atomic E-state index is 0.0327. The van der Waals surface area contributed by atoms with Crippen molar-refractivity contribution in [2.75, 3.05) is 31.1 Å². The van der Waals surface area contributed by atoms with Gasteiger partial charge in [-0.1, -0.05) is 18.7 Å². The summed E-state index contributed by atoms with van der Waals surface area (Å²) in [6.07, 6.45) is 8.39. The van der Waals surface area contributed by atoms with Crippen molar-refractivity contribution in [2.24, 2.45) is 0 Å². The zero-order chi connectivity index (χ0) is 26.2. The van der Waals surface area contributed by atoms with E-state index in [0.29, 0.717) is 18.7 Å². The molecule has 9 heteroatoms. The Morgan fingerprint density at radius 2 is 1.73 bits per heavy atom. The largest absolute Gasteiger partial charge is 0.368 e. The van der Waals surface area contributed by atoms with Crippen molar-refractivity contribution in [2.45, 2.75) is 19.4 Å². The van der Waals surface area contributed by atoms with Crippen molar-refractivity contribution < 1.29 is 4.79 Å². The number of fused-ring (bicyclic) bond motifs is 1. The average molecular weight is 491 g/mol. The summed E-state index contributed by atoms with van der Waals surface area (Å²) in [5.74, 6) is -0.0327. The molecule has 1 aliphatic heterocycles. The van der Waals surface area contributed by atoms with E-state index in [2.05, 4.69) is 45.9 Å². The van der Waals surface area contributed by atoms with Gasteiger partial charge < -0.3 is 9.80 Å². The van der Waals surface area contributed by atoms with Gasteiger partial charge in [0.05, 0.1) is 29.5 Å². The Labute approximate surface area is 215 Å². The molecule has 1 saturated heterocycles. The van der Waals surface area contributed by atoms with Gasteiger partial charge in [-0.2, -0.15) is 20.7 Å². The Hall–Kier alpha value is -4.89. The number of aromatic nitrogens is 4. The average Bonchev–Trinajstić information content (AvgIpc) is 3.60. The van der Waals surface area contributed by atoms with Crippen LogP contribution in [-0.4, -0.2) is 56.4 Å². The van der Waals surface area contributed by atoms with Crippen LogP contribution in [0, 0.1) is 22.7 Å². The van der Waals surface area contributed by atoms with E-state index >= 15 is 0 Å². The van der Waals surface area contributed by atoms with Crippen LogP contribution in [0.1, 0.15) is 19.4 Å². The highest BCUT2D eigenvalue weighted by Gasteiger charge is 2.22. The zero-order valence-corrected chi connectivity index (χ0v) is 20.8. The Balaban J connectivity index is 1.50. The number of benzene rings is 1. The van der Waals surface area contributed by atoms with Gasteiger partial charge in [-0.05, 0) is 43.7 Å². The first kappa shape index (κ1) is 23.8. The molecule has 1 fully saturated rings. The molecule has 4 heterocycles. The van der Waals surface area contributed by atoms with Gasteiger partial charge in [0, 0.05) is 61.0 Å². The number of pyridine rings is 1. The molecule has 1 aliphatic rings. The maximum absolute atomic E-state index is 11.9. The Kier molecular flexibility index (Phi) is 5.98. The van der Waals surface area contributed by atoms with Crippen LogP contribution in [0.25, 0.3) is 27.8 Å². The minimum atomic E-state index is -0.773. The number of carbonyl (C=O) groups excluding carboxylic acids is 1.